The maximum absolute atomic E-state index is 6.22. The van der Waals surface area contributed by atoms with Crippen LogP contribution >= 0.6 is 11.6 Å². The van der Waals surface area contributed by atoms with Gasteiger partial charge in [0.05, 0.1) is 10.7 Å². The fraction of sp³-hybridized carbons (Fsp3) is 0.214. The molecule has 4 heteroatoms. The number of hydrogen-bond donors (Lipinski definition) is 1. The average Bonchev–Trinajstić information content (AvgIpc) is 2.40. The lowest BCUT2D eigenvalue weighted by Gasteiger charge is -2.25. The number of aromatic nitrogens is 1. The van der Waals surface area contributed by atoms with Crippen LogP contribution in [0.3, 0.4) is 0 Å². The molecule has 0 fully saturated rings. The minimum absolute atomic E-state index is 0.589. The van der Waals surface area contributed by atoms with Crippen LogP contribution in [0.5, 0.6) is 0 Å². The maximum Gasteiger partial charge on any atom is 0.0639 e. The molecule has 0 saturated carbocycles. The van der Waals surface area contributed by atoms with E-state index in [1.807, 2.05) is 42.6 Å². The number of halogens is 1. The van der Waals surface area contributed by atoms with Crippen molar-refractivity contribution in [1.29, 1.82) is 0 Å². The predicted molar refractivity (Wildman–Crippen MR) is 75.8 cm³/mol. The fourth-order valence-electron chi connectivity index (χ4n) is 1.86. The highest BCUT2D eigenvalue weighted by Gasteiger charge is 2.09. The number of rotatable bonds is 5. The van der Waals surface area contributed by atoms with Crippen LogP contribution in [0.4, 0.5) is 5.69 Å². The quantitative estimate of drug-likeness (QED) is 0.900. The summed E-state index contributed by atoms with van der Waals surface area (Å²) in [5.41, 5.74) is 7.82. The molecule has 2 aromatic rings. The first kappa shape index (κ1) is 12.9. The minimum Gasteiger partial charge on any atom is -0.365 e. The topological polar surface area (TPSA) is 42.1 Å². The highest BCUT2D eigenvalue weighted by atomic mass is 35.5. The fourth-order valence-corrected chi connectivity index (χ4v) is 2.12. The second kappa shape index (κ2) is 6.38. The Labute approximate surface area is 112 Å². The van der Waals surface area contributed by atoms with E-state index in [2.05, 4.69) is 9.88 Å². The van der Waals surface area contributed by atoms with Crippen LogP contribution in [0.15, 0.2) is 48.8 Å². The molecule has 0 aliphatic carbocycles. The monoisotopic (exact) mass is 261 g/mol. The van der Waals surface area contributed by atoms with Gasteiger partial charge < -0.3 is 10.6 Å². The summed E-state index contributed by atoms with van der Waals surface area (Å²) in [7, 11) is 0. The zero-order valence-electron chi connectivity index (χ0n) is 10.1. The van der Waals surface area contributed by atoms with E-state index in [9.17, 15) is 0 Å². The first-order valence-electron chi connectivity index (χ1n) is 5.89. The van der Waals surface area contributed by atoms with Crippen molar-refractivity contribution in [2.75, 3.05) is 18.0 Å². The minimum atomic E-state index is 0.589. The Bertz CT molecular complexity index is 487. The van der Waals surface area contributed by atoms with Crippen molar-refractivity contribution in [2.45, 2.75) is 6.54 Å². The van der Waals surface area contributed by atoms with Crippen LogP contribution in [0, 0.1) is 0 Å². The summed E-state index contributed by atoms with van der Waals surface area (Å²) in [6.45, 7) is 2.11. The van der Waals surface area contributed by atoms with Crippen LogP contribution in [-0.2, 0) is 6.54 Å². The Morgan fingerprint density at radius 1 is 1.17 bits per heavy atom. The molecular formula is C14H16ClN3. The maximum atomic E-state index is 6.22. The Kier molecular flexibility index (Phi) is 4.56. The van der Waals surface area contributed by atoms with Gasteiger partial charge in [0.1, 0.15) is 0 Å². The van der Waals surface area contributed by atoms with E-state index in [0.29, 0.717) is 6.54 Å². The molecule has 0 aliphatic rings. The number of anilines is 1. The summed E-state index contributed by atoms with van der Waals surface area (Å²) >= 11 is 6.22. The lowest BCUT2D eigenvalue weighted by molar-refractivity contribution is 0.787. The Hall–Kier alpha value is -1.58. The van der Waals surface area contributed by atoms with Gasteiger partial charge >= 0.3 is 0 Å². The second-order valence-electron chi connectivity index (χ2n) is 4.02. The van der Waals surface area contributed by atoms with Gasteiger partial charge in [-0.1, -0.05) is 29.8 Å². The SMILES string of the molecule is NCCN(Cc1cccnc1)c1ccccc1Cl. The number of hydrogen-bond acceptors (Lipinski definition) is 3. The molecule has 0 saturated heterocycles. The molecule has 18 heavy (non-hydrogen) atoms. The molecule has 1 aromatic heterocycles. The molecular weight excluding hydrogens is 246 g/mol. The summed E-state index contributed by atoms with van der Waals surface area (Å²) in [6, 6.07) is 11.8. The molecule has 0 aliphatic heterocycles. The van der Waals surface area contributed by atoms with Gasteiger partial charge in [-0.2, -0.15) is 0 Å². The normalized spacial score (nSPS) is 10.3. The van der Waals surface area contributed by atoms with Crippen LogP contribution in [0.2, 0.25) is 5.02 Å². The third kappa shape index (κ3) is 3.22. The molecule has 0 bridgehead atoms. The first-order valence-corrected chi connectivity index (χ1v) is 6.27. The van der Waals surface area contributed by atoms with Gasteiger partial charge in [-0.15, -0.1) is 0 Å². The smallest absolute Gasteiger partial charge is 0.0639 e. The molecule has 0 amide bonds. The zero-order valence-corrected chi connectivity index (χ0v) is 10.8. The van der Waals surface area contributed by atoms with Gasteiger partial charge in [0.25, 0.3) is 0 Å². The van der Waals surface area contributed by atoms with Crippen LogP contribution in [0.1, 0.15) is 5.56 Å². The van der Waals surface area contributed by atoms with E-state index in [4.69, 9.17) is 17.3 Å². The first-order chi connectivity index (χ1) is 8.81. The van der Waals surface area contributed by atoms with E-state index in [1.54, 1.807) is 6.20 Å². The summed E-state index contributed by atoms with van der Waals surface area (Å²) in [5.74, 6) is 0. The van der Waals surface area contributed by atoms with Crippen LogP contribution < -0.4 is 10.6 Å². The van der Waals surface area contributed by atoms with Gasteiger partial charge in [0, 0.05) is 32.0 Å². The highest BCUT2D eigenvalue weighted by molar-refractivity contribution is 6.33. The summed E-state index contributed by atoms with van der Waals surface area (Å²) < 4.78 is 0. The number of nitrogens with two attached hydrogens (primary N) is 1. The Morgan fingerprint density at radius 2 is 2.00 bits per heavy atom. The third-order valence-electron chi connectivity index (χ3n) is 2.69. The van der Waals surface area contributed by atoms with Gasteiger partial charge in [0.15, 0.2) is 0 Å². The van der Waals surface area contributed by atoms with Gasteiger partial charge in [-0.25, -0.2) is 0 Å². The predicted octanol–water partition coefficient (Wildman–Crippen LogP) is 2.70. The summed E-state index contributed by atoms with van der Waals surface area (Å²) in [6.07, 6.45) is 3.63. The van der Waals surface area contributed by atoms with Crippen molar-refractivity contribution in [3.63, 3.8) is 0 Å². The number of para-hydroxylation sites is 1. The molecule has 2 rings (SSSR count). The van der Waals surface area contributed by atoms with Crippen molar-refractivity contribution in [3.8, 4) is 0 Å². The Balaban J connectivity index is 2.21. The van der Waals surface area contributed by atoms with E-state index in [0.717, 1.165) is 29.4 Å². The van der Waals surface area contributed by atoms with E-state index in [-0.39, 0.29) is 0 Å². The highest BCUT2D eigenvalue weighted by Crippen LogP contribution is 2.26. The largest absolute Gasteiger partial charge is 0.365 e. The van der Waals surface area contributed by atoms with E-state index < -0.39 is 0 Å². The lowest BCUT2D eigenvalue weighted by Crippen LogP contribution is -2.29. The number of pyridine rings is 1. The molecule has 3 nitrogen and oxygen atoms in total. The molecule has 0 radical (unpaired) electrons. The average molecular weight is 262 g/mol. The van der Waals surface area contributed by atoms with E-state index in [1.165, 1.54) is 0 Å². The summed E-state index contributed by atoms with van der Waals surface area (Å²) in [5, 5.41) is 0.745. The standard InChI is InChI=1S/C14H16ClN3/c15-13-5-1-2-6-14(13)18(9-7-16)11-12-4-3-8-17-10-12/h1-6,8,10H,7,9,11,16H2. The van der Waals surface area contributed by atoms with Crippen LogP contribution in [-0.4, -0.2) is 18.1 Å². The molecule has 0 unspecified atom stereocenters. The van der Waals surface area contributed by atoms with Crippen molar-refractivity contribution >= 4 is 17.3 Å². The molecule has 0 spiro atoms. The van der Waals surface area contributed by atoms with Crippen molar-refractivity contribution in [1.82, 2.24) is 4.98 Å². The van der Waals surface area contributed by atoms with E-state index >= 15 is 0 Å². The molecule has 0 atom stereocenters. The molecule has 2 N–H and O–H groups in total. The molecule has 1 heterocycles. The second-order valence-corrected chi connectivity index (χ2v) is 4.43. The molecule has 94 valence electrons. The number of nitrogens with zero attached hydrogens (tertiary/aromatic N) is 2. The van der Waals surface area contributed by atoms with Gasteiger partial charge in [0.2, 0.25) is 0 Å². The number of benzene rings is 1. The van der Waals surface area contributed by atoms with Crippen LogP contribution in [0.25, 0.3) is 0 Å². The van der Waals surface area contributed by atoms with Crippen molar-refractivity contribution < 1.29 is 0 Å². The van der Waals surface area contributed by atoms with Gasteiger partial charge in [-0.3, -0.25) is 4.98 Å². The lowest BCUT2D eigenvalue weighted by atomic mass is 10.2. The zero-order chi connectivity index (χ0) is 12.8. The Morgan fingerprint density at radius 3 is 2.67 bits per heavy atom. The van der Waals surface area contributed by atoms with Gasteiger partial charge in [-0.05, 0) is 23.8 Å². The third-order valence-corrected chi connectivity index (χ3v) is 3.01. The summed E-state index contributed by atoms with van der Waals surface area (Å²) in [4.78, 5) is 6.29. The van der Waals surface area contributed by atoms with Crippen molar-refractivity contribution in [2.24, 2.45) is 5.73 Å². The van der Waals surface area contributed by atoms with Crippen molar-refractivity contribution in [3.05, 3.63) is 59.4 Å². The molecule has 1 aromatic carbocycles.